The topological polar surface area (TPSA) is 43.2 Å². The summed E-state index contributed by atoms with van der Waals surface area (Å²) in [5.41, 5.74) is 0. The van der Waals surface area contributed by atoms with Crippen molar-refractivity contribution in [3.8, 4) is 0 Å². The predicted octanol–water partition coefficient (Wildman–Crippen LogP) is -0.281. The van der Waals surface area contributed by atoms with Gasteiger partial charge in [-0.2, -0.15) is 0 Å². The van der Waals surface area contributed by atoms with E-state index in [2.05, 4.69) is 16.4 Å². The third-order valence-electron chi connectivity index (χ3n) is 1.41. The van der Waals surface area contributed by atoms with Crippen molar-refractivity contribution in [1.29, 1.82) is 0 Å². The average Bonchev–Trinajstić information content (AvgIpc) is 2.59. The number of hydrogen-bond donors (Lipinski definition) is 0. The fourth-order valence-corrected chi connectivity index (χ4v) is 0.934. The van der Waals surface area contributed by atoms with Gasteiger partial charge in [-0.3, -0.25) is 4.99 Å². The molecule has 2 aliphatic heterocycles. The summed E-state index contributed by atoms with van der Waals surface area (Å²) in [6.07, 6.45) is 2.41. The number of rotatable bonds is 1. The molecular weight excluding hydrogens is 132 g/mol. The molecule has 10 heavy (non-hydrogen) atoms. The van der Waals surface area contributed by atoms with Gasteiger partial charge in [-0.1, -0.05) is 0 Å². The minimum Gasteiger partial charge on any atom is -0.477 e. The van der Waals surface area contributed by atoms with Crippen LogP contribution in [0.2, 0.25) is 0 Å². The zero-order valence-corrected chi connectivity index (χ0v) is 5.41. The van der Waals surface area contributed by atoms with Gasteiger partial charge in [0.05, 0.1) is 6.54 Å². The highest BCUT2D eigenvalue weighted by Gasteiger charge is 2.23. The second-order valence-corrected chi connectivity index (χ2v) is 2.12. The zero-order valence-electron chi connectivity index (χ0n) is 5.41. The minimum atomic E-state index is -0.0255. The highest BCUT2D eigenvalue weighted by Crippen LogP contribution is 2.06. The molecule has 0 N–H and O–H groups in total. The summed E-state index contributed by atoms with van der Waals surface area (Å²) < 4.78 is 9.97. The van der Waals surface area contributed by atoms with E-state index < -0.39 is 0 Å². The molecule has 53 valence electrons. The van der Waals surface area contributed by atoms with Crippen LogP contribution in [0.4, 0.5) is 0 Å². The second-order valence-electron chi connectivity index (χ2n) is 2.12. The molecule has 2 aliphatic rings. The molecule has 1 atom stereocenters. The van der Waals surface area contributed by atoms with Crippen molar-refractivity contribution in [2.45, 2.75) is 6.04 Å². The molecule has 0 bridgehead atoms. The standard InChI is InChI=1S/C6H7N2O2/c1-2-10-6(7-1)5-3-9-4-8-5/h5H,1-3H2. The summed E-state index contributed by atoms with van der Waals surface area (Å²) in [4.78, 5) is 7.99. The lowest BCUT2D eigenvalue weighted by molar-refractivity contribution is 0.304. The molecule has 0 fully saturated rings. The van der Waals surface area contributed by atoms with E-state index in [0.717, 1.165) is 6.54 Å². The number of hydrogen-bond acceptors (Lipinski definition) is 4. The maximum atomic E-state index is 5.17. The maximum absolute atomic E-state index is 5.17. The van der Waals surface area contributed by atoms with Gasteiger partial charge in [0.25, 0.3) is 6.40 Å². The molecular formula is C6H7N2O2. The van der Waals surface area contributed by atoms with Gasteiger partial charge in [0, 0.05) is 0 Å². The van der Waals surface area contributed by atoms with Crippen LogP contribution in [0.3, 0.4) is 0 Å². The van der Waals surface area contributed by atoms with Crippen LogP contribution in [0.5, 0.6) is 0 Å². The van der Waals surface area contributed by atoms with Gasteiger partial charge in [0.1, 0.15) is 13.2 Å². The Morgan fingerprint density at radius 2 is 2.60 bits per heavy atom. The summed E-state index contributed by atoms with van der Waals surface area (Å²) in [6, 6.07) is -0.0255. The summed E-state index contributed by atoms with van der Waals surface area (Å²) in [6.45, 7) is 1.96. The first kappa shape index (κ1) is 5.70. The minimum absolute atomic E-state index is 0.0255. The number of nitrogens with zero attached hydrogens (tertiary/aromatic N) is 2. The molecule has 0 amide bonds. The van der Waals surface area contributed by atoms with Crippen LogP contribution >= 0.6 is 0 Å². The van der Waals surface area contributed by atoms with Crippen molar-refractivity contribution in [3.63, 3.8) is 0 Å². The Balaban J connectivity index is 2.04. The quantitative estimate of drug-likeness (QED) is 0.501. The maximum Gasteiger partial charge on any atom is 0.274 e. The van der Waals surface area contributed by atoms with Crippen molar-refractivity contribution < 1.29 is 9.47 Å². The Labute approximate surface area is 58.6 Å². The SMILES string of the molecule is [C]1=NC(C2=NCCO2)CO1. The Bertz CT molecular complexity index is 188. The lowest BCUT2D eigenvalue weighted by atomic mass is 10.3. The molecule has 0 saturated carbocycles. The van der Waals surface area contributed by atoms with Crippen molar-refractivity contribution in [2.75, 3.05) is 19.8 Å². The molecule has 0 aliphatic carbocycles. The van der Waals surface area contributed by atoms with Crippen LogP contribution in [0.1, 0.15) is 0 Å². The lowest BCUT2D eigenvalue weighted by Crippen LogP contribution is -2.20. The van der Waals surface area contributed by atoms with Crippen molar-refractivity contribution in [3.05, 3.63) is 0 Å². The Morgan fingerprint density at radius 1 is 1.60 bits per heavy atom. The molecule has 0 aromatic carbocycles. The highest BCUT2D eigenvalue weighted by atomic mass is 16.5. The van der Waals surface area contributed by atoms with Crippen LogP contribution in [0.25, 0.3) is 0 Å². The largest absolute Gasteiger partial charge is 0.477 e. The van der Waals surface area contributed by atoms with E-state index in [1.165, 1.54) is 0 Å². The first-order valence-corrected chi connectivity index (χ1v) is 3.20. The van der Waals surface area contributed by atoms with Crippen molar-refractivity contribution in [2.24, 2.45) is 9.98 Å². The molecule has 1 unspecified atom stereocenters. The second kappa shape index (κ2) is 2.28. The van der Waals surface area contributed by atoms with Crippen LogP contribution in [0.15, 0.2) is 9.98 Å². The van der Waals surface area contributed by atoms with Gasteiger partial charge >= 0.3 is 0 Å². The van der Waals surface area contributed by atoms with E-state index in [-0.39, 0.29) is 6.04 Å². The Hall–Kier alpha value is -1.06. The lowest BCUT2D eigenvalue weighted by Gasteiger charge is -2.03. The summed E-state index contributed by atoms with van der Waals surface area (Å²) in [5, 5.41) is 0. The van der Waals surface area contributed by atoms with E-state index in [1.54, 1.807) is 0 Å². The molecule has 4 heteroatoms. The fourth-order valence-electron chi connectivity index (χ4n) is 0.934. The van der Waals surface area contributed by atoms with E-state index in [0.29, 0.717) is 19.1 Å². The molecule has 4 nitrogen and oxygen atoms in total. The first-order chi connectivity index (χ1) is 4.97. The van der Waals surface area contributed by atoms with E-state index in [4.69, 9.17) is 9.47 Å². The highest BCUT2D eigenvalue weighted by molar-refractivity contribution is 5.85. The first-order valence-electron chi connectivity index (χ1n) is 3.20. The Kier molecular flexibility index (Phi) is 1.30. The van der Waals surface area contributed by atoms with Crippen LogP contribution in [-0.4, -0.2) is 38.1 Å². The molecule has 0 saturated heterocycles. The molecule has 2 rings (SSSR count). The van der Waals surface area contributed by atoms with E-state index >= 15 is 0 Å². The van der Waals surface area contributed by atoms with Crippen molar-refractivity contribution >= 4 is 12.3 Å². The average molecular weight is 139 g/mol. The van der Waals surface area contributed by atoms with E-state index in [9.17, 15) is 0 Å². The van der Waals surface area contributed by atoms with Gasteiger partial charge in [-0.25, -0.2) is 4.99 Å². The molecule has 0 aromatic rings. The van der Waals surface area contributed by atoms with Gasteiger partial charge in [-0.15, -0.1) is 0 Å². The summed E-state index contributed by atoms with van der Waals surface area (Å²) >= 11 is 0. The van der Waals surface area contributed by atoms with Gasteiger partial charge < -0.3 is 9.47 Å². The van der Waals surface area contributed by atoms with Crippen LogP contribution in [0, 0.1) is 0 Å². The van der Waals surface area contributed by atoms with Gasteiger partial charge in [-0.05, 0) is 0 Å². The van der Waals surface area contributed by atoms with Gasteiger partial charge in [0.2, 0.25) is 5.90 Å². The predicted molar refractivity (Wildman–Crippen MR) is 35.4 cm³/mol. The molecule has 0 aromatic heterocycles. The zero-order chi connectivity index (χ0) is 6.81. The summed E-state index contributed by atoms with van der Waals surface area (Å²) in [7, 11) is 0. The fraction of sp³-hybridized carbons (Fsp3) is 0.667. The van der Waals surface area contributed by atoms with Crippen LogP contribution < -0.4 is 0 Å². The number of aliphatic imine (C=N–C) groups is 2. The molecule has 2 heterocycles. The van der Waals surface area contributed by atoms with E-state index in [1.807, 2.05) is 0 Å². The smallest absolute Gasteiger partial charge is 0.274 e. The third kappa shape index (κ3) is 0.853. The van der Waals surface area contributed by atoms with Gasteiger partial charge in [0.15, 0.2) is 6.04 Å². The summed E-state index contributed by atoms with van der Waals surface area (Å²) in [5.74, 6) is 0.699. The molecule has 0 spiro atoms. The third-order valence-corrected chi connectivity index (χ3v) is 1.41. The number of ether oxygens (including phenoxy) is 2. The van der Waals surface area contributed by atoms with Crippen molar-refractivity contribution in [1.82, 2.24) is 0 Å². The van der Waals surface area contributed by atoms with Crippen LogP contribution in [-0.2, 0) is 9.47 Å². The normalized spacial score (nSPS) is 29.6. The monoisotopic (exact) mass is 139 g/mol. The molecule has 1 radical (unpaired) electrons. The Morgan fingerprint density at radius 3 is 3.20 bits per heavy atom.